The van der Waals surface area contributed by atoms with E-state index in [0.717, 1.165) is 0 Å². The Morgan fingerprint density at radius 1 is 1.65 bits per heavy atom. The van der Waals surface area contributed by atoms with Gasteiger partial charge in [-0.2, -0.15) is 0 Å². The minimum atomic E-state index is 0.0234. The SMILES string of the molecule is CC(=O)SCC1CC(=O)N(c2nnc(N)s2)C1. The van der Waals surface area contributed by atoms with E-state index >= 15 is 0 Å². The van der Waals surface area contributed by atoms with Crippen LogP contribution < -0.4 is 10.6 Å². The summed E-state index contributed by atoms with van der Waals surface area (Å²) in [7, 11) is 0. The van der Waals surface area contributed by atoms with Crippen LogP contribution in [0.25, 0.3) is 0 Å². The van der Waals surface area contributed by atoms with Crippen LogP contribution in [0, 0.1) is 5.92 Å². The zero-order chi connectivity index (χ0) is 12.4. The van der Waals surface area contributed by atoms with Gasteiger partial charge >= 0.3 is 0 Å². The average Bonchev–Trinajstić information content (AvgIpc) is 2.82. The van der Waals surface area contributed by atoms with Gasteiger partial charge in [-0.1, -0.05) is 23.1 Å². The van der Waals surface area contributed by atoms with Crippen LogP contribution >= 0.6 is 23.1 Å². The second kappa shape index (κ2) is 5.01. The number of hydrogen-bond donors (Lipinski definition) is 1. The van der Waals surface area contributed by atoms with Crippen LogP contribution in [0.3, 0.4) is 0 Å². The summed E-state index contributed by atoms with van der Waals surface area (Å²) in [5, 5.41) is 8.52. The zero-order valence-corrected chi connectivity index (χ0v) is 10.9. The molecule has 0 radical (unpaired) electrons. The van der Waals surface area contributed by atoms with Crippen molar-refractivity contribution in [3.05, 3.63) is 0 Å². The molecular weight excluding hydrogens is 260 g/mol. The van der Waals surface area contributed by atoms with Crippen LogP contribution in [-0.4, -0.2) is 33.5 Å². The quantitative estimate of drug-likeness (QED) is 0.873. The highest BCUT2D eigenvalue weighted by Gasteiger charge is 2.32. The molecule has 1 atom stereocenters. The zero-order valence-electron chi connectivity index (χ0n) is 9.25. The summed E-state index contributed by atoms with van der Waals surface area (Å²) in [6, 6.07) is 0. The van der Waals surface area contributed by atoms with Crippen LogP contribution in [0.5, 0.6) is 0 Å². The first-order valence-electron chi connectivity index (χ1n) is 5.09. The van der Waals surface area contributed by atoms with Crippen LogP contribution in [0.2, 0.25) is 0 Å². The molecule has 0 bridgehead atoms. The van der Waals surface area contributed by atoms with Crippen molar-refractivity contribution in [3.8, 4) is 0 Å². The molecule has 1 aliphatic rings. The Hall–Kier alpha value is -1.15. The number of amides is 1. The Bertz CT molecular complexity index is 448. The Labute approximate surface area is 107 Å². The van der Waals surface area contributed by atoms with E-state index in [0.29, 0.717) is 29.0 Å². The molecule has 1 aliphatic heterocycles. The molecule has 2 N–H and O–H groups in total. The highest BCUT2D eigenvalue weighted by atomic mass is 32.2. The molecule has 92 valence electrons. The van der Waals surface area contributed by atoms with Crippen molar-refractivity contribution in [1.82, 2.24) is 10.2 Å². The van der Waals surface area contributed by atoms with Gasteiger partial charge in [0.05, 0.1) is 0 Å². The fourth-order valence-corrected chi connectivity index (χ4v) is 2.98. The van der Waals surface area contributed by atoms with Crippen molar-refractivity contribution in [2.75, 3.05) is 22.9 Å². The molecule has 2 rings (SSSR count). The summed E-state index contributed by atoms with van der Waals surface area (Å²) < 4.78 is 0. The highest BCUT2D eigenvalue weighted by Crippen LogP contribution is 2.30. The van der Waals surface area contributed by atoms with Gasteiger partial charge in [-0.25, -0.2) is 0 Å². The van der Waals surface area contributed by atoms with E-state index in [9.17, 15) is 9.59 Å². The number of nitrogen functional groups attached to an aromatic ring is 1. The largest absolute Gasteiger partial charge is 0.374 e. The summed E-state index contributed by atoms with van der Waals surface area (Å²) in [4.78, 5) is 24.2. The van der Waals surface area contributed by atoms with Gasteiger partial charge in [-0.3, -0.25) is 14.5 Å². The number of rotatable bonds is 3. The van der Waals surface area contributed by atoms with E-state index in [1.807, 2.05) is 0 Å². The Balaban J connectivity index is 1.98. The summed E-state index contributed by atoms with van der Waals surface area (Å²) >= 11 is 2.46. The lowest BCUT2D eigenvalue weighted by molar-refractivity contribution is -0.117. The minimum absolute atomic E-state index is 0.0234. The molecule has 1 aromatic rings. The molecule has 0 saturated carbocycles. The molecule has 2 heterocycles. The third kappa shape index (κ3) is 2.95. The standard InChI is InChI=1S/C9H12N4O2S2/c1-5(14)16-4-6-2-7(15)13(3-6)9-12-11-8(10)17-9/h6H,2-4H2,1H3,(H2,10,11). The van der Waals surface area contributed by atoms with Crippen molar-refractivity contribution < 1.29 is 9.59 Å². The first-order chi connectivity index (χ1) is 8.06. The number of aromatic nitrogens is 2. The average molecular weight is 272 g/mol. The lowest BCUT2D eigenvalue weighted by atomic mass is 10.1. The lowest BCUT2D eigenvalue weighted by Gasteiger charge is -2.11. The fraction of sp³-hybridized carbons (Fsp3) is 0.556. The summed E-state index contributed by atoms with van der Waals surface area (Å²) in [5.74, 6) is 0.892. The molecule has 1 unspecified atom stereocenters. The lowest BCUT2D eigenvalue weighted by Crippen LogP contribution is -2.24. The summed E-state index contributed by atoms with van der Waals surface area (Å²) in [6.45, 7) is 2.12. The van der Waals surface area contributed by atoms with E-state index < -0.39 is 0 Å². The molecular formula is C9H12N4O2S2. The van der Waals surface area contributed by atoms with Crippen molar-refractivity contribution in [1.29, 1.82) is 0 Å². The van der Waals surface area contributed by atoms with Gasteiger partial charge in [0.2, 0.25) is 16.2 Å². The van der Waals surface area contributed by atoms with Gasteiger partial charge in [-0.15, -0.1) is 10.2 Å². The maximum Gasteiger partial charge on any atom is 0.229 e. The molecule has 1 aromatic heterocycles. The predicted octanol–water partition coefficient (Wildman–Crippen LogP) is 0.753. The Morgan fingerprint density at radius 3 is 3.00 bits per heavy atom. The maximum absolute atomic E-state index is 11.8. The number of thioether (sulfide) groups is 1. The number of carbonyl (C=O) groups excluding carboxylic acids is 2. The third-order valence-corrected chi connectivity index (χ3v) is 4.21. The summed E-state index contributed by atoms with van der Waals surface area (Å²) in [6.07, 6.45) is 0.458. The van der Waals surface area contributed by atoms with Crippen LogP contribution in [0.1, 0.15) is 13.3 Å². The number of hydrogen-bond acceptors (Lipinski definition) is 7. The highest BCUT2D eigenvalue weighted by molar-refractivity contribution is 8.13. The van der Waals surface area contributed by atoms with Gasteiger partial charge in [-0.05, 0) is 5.92 Å². The van der Waals surface area contributed by atoms with E-state index in [2.05, 4.69) is 10.2 Å². The minimum Gasteiger partial charge on any atom is -0.374 e. The monoisotopic (exact) mass is 272 g/mol. The third-order valence-electron chi connectivity index (χ3n) is 2.39. The molecule has 0 aromatic carbocycles. The summed E-state index contributed by atoms with van der Waals surface area (Å²) in [5.41, 5.74) is 5.48. The van der Waals surface area contributed by atoms with Gasteiger partial charge in [0.25, 0.3) is 0 Å². The van der Waals surface area contributed by atoms with E-state index in [1.54, 1.807) is 4.90 Å². The normalized spacial score (nSPS) is 19.9. The Morgan fingerprint density at radius 2 is 2.41 bits per heavy atom. The van der Waals surface area contributed by atoms with E-state index in [4.69, 9.17) is 5.73 Å². The molecule has 6 nitrogen and oxygen atoms in total. The van der Waals surface area contributed by atoms with Gasteiger partial charge in [0.15, 0.2) is 5.12 Å². The number of nitrogens with two attached hydrogens (primary N) is 1. The van der Waals surface area contributed by atoms with Gasteiger partial charge in [0.1, 0.15) is 0 Å². The molecule has 8 heteroatoms. The molecule has 1 amide bonds. The fourth-order valence-electron chi connectivity index (χ4n) is 1.65. The van der Waals surface area contributed by atoms with Gasteiger partial charge < -0.3 is 5.73 Å². The smallest absolute Gasteiger partial charge is 0.229 e. The van der Waals surface area contributed by atoms with E-state index in [-0.39, 0.29) is 16.9 Å². The molecule has 17 heavy (non-hydrogen) atoms. The predicted molar refractivity (Wildman–Crippen MR) is 67.9 cm³/mol. The van der Waals surface area contributed by atoms with Crippen molar-refractivity contribution in [2.45, 2.75) is 13.3 Å². The molecule has 1 fully saturated rings. The van der Waals surface area contributed by atoms with Crippen molar-refractivity contribution >= 4 is 44.4 Å². The second-order valence-electron chi connectivity index (χ2n) is 3.80. The first kappa shape index (κ1) is 12.3. The van der Waals surface area contributed by atoms with Crippen LogP contribution in [0.4, 0.5) is 10.3 Å². The maximum atomic E-state index is 11.8. The molecule has 0 aliphatic carbocycles. The van der Waals surface area contributed by atoms with Crippen LogP contribution in [0.15, 0.2) is 0 Å². The van der Waals surface area contributed by atoms with E-state index in [1.165, 1.54) is 30.0 Å². The number of carbonyl (C=O) groups is 2. The molecule has 1 saturated heterocycles. The van der Waals surface area contributed by atoms with Gasteiger partial charge in [0, 0.05) is 25.6 Å². The Kier molecular flexibility index (Phi) is 3.63. The second-order valence-corrected chi connectivity index (χ2v) is 5.98. The topological polar surface area (TPSA) is 89.2 Å². The number of nitrogens with zero attached hydrogens (tertiary/aromatic N) is 3. The van der Waals surface area contributed by atoms with Crippen LogP contribution in [-0.2, 0) is 9.59 Å². The number of anilines is 2. The van der Waals surface area contributed by atoms with Crippen molar-refractivity contribution in [2.24, 2.45) is 5.92 Å². The molecule has 0 spiro atoms. The van der Waals surface area contributed by atoms with Crippen molar-refractivity contribution in [3.63, 3.8) is 0 Å². The first-order valence-corrected chi connectivity index (χ1v) is 6.89.